The Hall–Kier alpha value is -3.39. The van der Waals surface area contributed by atoms with Gasteiger partial charge in [-0.2, -0.15) is 0 Å². The number of aryl methyl sites for hydroxylation is 1. The number of nitrogens with one attached hydrogen (secondary N) is 2. The van der Waals surface area contributed by atoms with E-state index in [1.165, 1.54) is 0 Å². The summed E-state index contributed by atoms with van der Waals surface area (Å²) in [5.74, 6) is -1.40. The number of benzene rings is 2. The molecular weight excluding hydrogens is 420 g/mol. The van der Waals surface area contributed by atoms with E-state index in [9.17, 15) is 19.5 Å². The molecule has 2 aromatic carbocycles. The Morgan fingerprint density at radius 1 is 1.00 bits per heavy atom. The number of carboxylic acids is 1. The smallest absolute Gasteiger partial charge is 0.337 e. The van der Waals surface area contributed by atoms with E-state index in [4.69, 9.17) is 0 Å². The second kappa shape index (κ2) is 11.5. The van der Waals surface area contributed by atoms with E-state index in [-0.39, 0.29) is 23.1 Å². The third kappa shape index (κ3) is 6.55. The van der Waals surface area contributed by atoms with Crippen molar-refractivity contribution < 1.29 is 19.5 Å². The van der Waals surface area contributed by atoms with Crippen molar-refractivity contribution in [3.05, 3.63) is 59.2 Å². The summed E-state index contributed by atoms with van der Waals surface area (Å²) < 4.78 is 0. The zero-order valence-corrected chi connectivity index (χ0v) is 19.3. The number of unbranched alkanes of at least 4 members (excludes halogenated alkanes) is 1. The lowest BCUT2D eigenvalue weighted by Crippen LogP contribution is -2.49. The fourth-order valence-electron chi connectivity index (χ4n) is 3.86. The predicted molar refractivity (Wildman–Crippen MR) is 129 cm³/mol. The molecule has 1 fully saturated rings. The number of carbonyl (C=O) groups excluding carboxylic acids is 2. The molecule has 0 unspecified atom stereocenters. The highest BCUT2D eigenvalue weighted by Gasteiger charge is 2.21. The van der Waals surface area contributed by atoms with Gasteiger partial charge in [0.15, 0.2) is 0 Å². The largest absolute Gasteiger partial charge is 0.478 e. The first-order chi connectivity index (χ1) is 15.9. The van der Waals surface area contributed by atoms with Gasteiger partial charge in [0.2, 0.25) is 5.91 Å². The number of carboxylic acid groups (broad SMARTS) is 1. The summed E-state index contributed by atoms with van der Waals surface area (Å²) in [6.07, 6.45) is 2.03. The van der Waals surface area contributed by atoms with Crippen LogP contribution < -0.4 is 15.5 Å². The maximum Gasteiger partial charge on any atom is 0.337 e. The highest BCUT2D eigenvalue weighted by Crippen LogP contribution is 2.25. The van der Waals surface area contributed by atoms with Crippen molar-refractivity contribution in [3.8, 4) is 0 Å². The predicted octanol–water partition coefficient (Wildman–Crippen LogP) is 2.98. The summed E-state index contributed by atoms with van der Waals surface area (Å²) in [7, 11) is 0. The zero-order chi connectivity index (χ0) is 23.8. The van der Waals surface area contributed by atoms with Gasteiger partial charge in [0.25, 0.3) is 5.91 Å². The molecule has 33 heavy (non-hydrogen) atoms. The maximum atomic E-state index is 12.7. The van der Waals surface area contributed by atoms with Gasteiger partial charge in [0.1, 0.15) is 0 Å². The summed E-state index contributed by atoms with van der Waals surface area (Å²) in [5, 5.41) is 15.4. The molecule has 1 saturated heterocycles. The van der Waals surface area contributed by atoms with Gasteiger partial charge in [0, 0.05) is 44.0 Å². The van der Waals surface area contributed by atoms with Gasteiger partial charge >= 0.3 is 5.97 Å². The van der Waals surface area contributed by atoms with Crippen molar-refractivity contribution in [2.24, 2.45) is 0 Å². The van der Waals surface area contributed by atoms with Crippen LogP contribution in [0.3, 0.4) is 0 Å². The van der Waals surface area contributed by atoms with E-state index in [1.807, 2.05) is 25.1 Å². The number of aromatic carboxylic acids is 1. The molecule has 0 radical (unpaired) electrons. The SMILES string of the molecule is CCCCNC(=O)CN1CCN(c2ccc(NC(=O)c3ccccc3C)c(C(=O)O)c2)CC1. The number of anilines is 2. The molecule has 3 N–H and O–H groups in total. The van der Waals surface area contributed by atoms with Crippen LogP contribution in [0.1, 0.15) is 46.0 Å². The highest BCUT2D eigenvalue weighted by atomic mass is 16.4. The zero-order valence-electron chi connectivity index (χ0n) is 19.3. The molecule has 1 heterocycles. The van der Waals surface area contributed by atoms with E-state index in [2.05, 4.69) is 27.4 Å². The lowest BCUT2D eigenvalue weighted by atomic mass is 10.1. The summed E-state index contributed by atoms with van der Waals surface area (Å²) in [6.45, 7) is 7.83. The van der Waals surface area contributed by atoms with Crippen molar-refractivity contribution in [2.75, 3.05) is 49.5 Å². The van der Waals surface area contributed by atoms with Gasteiger partial charge in [-0.1, -0.05) is 31.5 Å². The lowest BCUT2D eigenvalue weighted by molar-refractivity contribution is -0.122. The second-order valence-corrected chi connectivity index (χ2v) is 8.27. The van der Waals surface area contributed by atoms with Gasteiger partial charge in [-0.05, 0) is 43.2 Å². The van der Waals surface area contributed by atoms with E-state index in [1.54, 1.807) is 24.3 Å². The first-order valence-corrected chi connectivity index (χ1v) is 11.4. The number of nitrogens with zero attached hydrogens (tertiary/aromatic N) is 2. The third-order valence-electron chi connectivity index (χ3n) is 5.83. The molecular formula is C25H32N4O4. The molecule has 0 aliphatic carbocycles. The minimum Gasteiger partial charge on any atom is -0.478 e. The van der Waals surface area contributed by atoms with Crippen molar-refractivity contribution in [3.63, 3.8) is 0 Å². The standard InChI is InChI=1S/C25H32N4O4/c1-3-4-11-26-23(30)17-28-12-14-29(15-13-28)19-9-10-22(21(16-19)25(32)33)27-24(31)20-8-6-5-7-18(20)2/h5-10,16H,3-4,11-15,17H2,1-2H3,(H,26,30)(H,27,31)(H,32,33). The second-order valence-electron chi connectivity index (χ2n) is 8.27. The molecule has 0 saturated carbocycles. The molecule has 0 bridgehead atoms. The Kier molecular flexibility index (Phi) is 8.43. The quantitative estimate of drug-likeness (QED) is 0.506. The number of amides is 2. The molecule has 176 valence electrons. The molecule has 8 nitrogen and oxygen atoms in total. The van der Waals surface area contributed by atoms with Crippen molar-refractivity contribution in [1.82, 2.24) is 10.2 Å². The van der Waals surface area contributed by atoms with Crippen LogP contribution in [0.2, 0.25) is 0 Å². The van der Waals surface area contributed by atoms with Crippen molar-refractivity contribution in [1.29, 1.82) is 0 Å². The molecule has 0 spiro atoms. The van der Waals surface area contributed by atoms with E-state index >= 15 is 0 Å². The minimum absolute atomic E-state index is 0.0406. The Morgan fingerprint density at radius 2 is 1.73 bits per heavy atom. The van der Waals surface area contributed by atoms with Gasteiger partial charge in [0.05, 0.1) is 17.8 Å². The summed E-state index contributed by atoms with van der Waals surface area (Å²) in [5.41, 5.74) is 2.43. The van der Waals surface area contributed by atoms with Crippen LogP contribution >= 0.6 is 0 Å². The average Bonchev–Trinajstić information content (AvgIpc) is 2.80. The Bertz CT molecular complexity index is 1000. The average molecular weight is 453 g/mol. The summed E-state index contributed by atoms with van der Waals surface area (Å²) >= 11 is 0. The van der Waals surface area contributed by atoms with Gasteiger partial charge in [-0.25, -0.2) is 4.79 Å². The number of carbonyl (C=O) groups is 3. The molecule has 1 aliphatic heterocycles. The summed E-state index contributed by atoms with van der Waals surface area (Å²) in [4.78, 5) is 40.8. The minimum atomic E-state index is -1.10. The van der Waals surface area contributed by atoms with Crippen molar-refractivity contribution in [2.45, 2.75) is 26.7 Å². The molecule has 8 heteroatoms. The number of hydrogen-bond donors (Lipinski definition) is 3. The Morgan fingerprint density at radius 3 is 2.39 bits per heavy atom. The number of piperazine rings is 1. The molecule has 0 aromatic heterocycles. The van der Waals surface area contributed by atoms with Crippen molar-refractivity contribution >= 4 is 29.2 Å². The fourth-order valence-corrected chi connectivity index (χ4v) is 3.86. The van der Waals surface area contributed by atoms with Gasteiger partial charge < -0.3 is 20.6 Å². The van der Waals surface area contributed by atoms with Crippen LogP contribution in [0.25, 0.3) is 0 Å². The first kappa shape index (κ1) is 24.3. The summed E-state index contributed by atoms with van der Waals surface area (Å²) in [6, 6.07) is 12.2. The maximum absolute atomic E-state index is 12.7. The van der Waals surface area contributed by atoms with Gasteiger partial charge in [-0.15, -0.1) is 0 Å². The number of rotatable bonds is 9. The van der Waals surface area contributed by atoms with E-state index in [0.717, 1.165) is 37.2 Å². The Balaban J connectivity index is 1.63. The Labute approximate surface area is 194 Å². The van der Waals surface area contributed by atoms with Crippen LogP contribution in [0.15, 0.2) is 42.5 Å². The molecule has 0 atom stereocenters. The first-order valence-electron chi connectivity index (χ1n) is 11.4. The topological polar surface area (TPSA) is 102 Å². The fraction of sp³-hybridized carbons (Fsp3) is 0.400. The molecule has 2 aromatic rings. The molecule has 3 rings (SSSR count). The van der Waals surface area contributed by atoms with Crippen LogP contribution in [-0.2, 0) is 4.79 Å². The highest BCUT2D eigenvalue weighted by molar-refractivity contribution is 6.08. The van der Waals surface area contributed by atoms with E-state index in [0.29, 0.717) is 31.7 Å². The molecule has 2 amide bonds. The van der Waals surface area contributed by atoms with Crippen LogP contribution in [0, 0.1) is 6.92 Å². The lowest BCUT2D eigenvalue weighted by Gasteiger charge is -2.36. The normalized spacial score (nSPS) is 14.1. The van der Waals surface area contributed by atoms with E-state index < -0.39 is 5.97 Å². The third-order valence-corrected chi connectivity index (χ3v) is 5.83. The van der Waals surface area contributed by atoms with Crippen LogP contribution in [0.5, 0.6) is 0 Å². The molecule has 1 aliphatic rings. The van der Waals surface area contributed by atoms with Crippen LogP contribution in [-0.4, -0.2) is 67.1 Å². The monoisotopic (exact) mass is 452 g/mol. The number of hydrogen-bond acceptors (Lipinski definition) is 5. The van der Waals surface area contributed by atoms with Gasteiger partial charge in [-0.3, -0.25) is 14.5 Å². The van der Waals surface area contributed by atoms with Crippen LogP contribution in [0.4, 0.5) is 11.4 Å².